The average Bonchev–Trinajstić information content (AvgIpc) is 2.18. The van der Waals surface area contributed by atoms with Crippen molar-refractivity contribution >= 4 is 27.7 Å². The molecule has 0 bridgehead atoms. The SMILES string of the molecule is CC(O)C(C)Sc1cc(Br)ccc1C#N. The van der Waals surface area contributed by atoms with E-state index in [4.69, 9.17) is 5.26 Å². The summed E-state index contributed by atoms with van der Waals surface area (Å²) in [6.45, 7) is 3.69. The Morgan fingerprint density at radius 1 is 1.47 bits per heavy atom. The fourth-order valence-corrected chi connectivity index (χ4v) is 2.53. The van der Waals surface area contributed by atoms with Crippen LogP contribution in [0.3, 0.4) is 0 Å². The molecule has 2 atom stereocenters. The summed E-state index contributed by atoms with van der Waals surface area (Å²) in [5, 5.41) is 18.4. The molecule has 0 fully saturated rings. The van der Waals surface area contributed by atoms with Crippen molar-refractivity contribution < 1.29 is 5.11 Å². The molecule has 0 saturated carbocycles. The second-order valence-corrected chi connectivity index (χ2v) is 5.65. The molecule has 2 unspecified atom stereocenters. The summed E-state index contributed by atoms with van der Waals surface area (Å²) in [5.41, 5.74) is 0.649. The van der Waals surface area contributed by atoms with Crippen LogP contribution in [0.15, 0.2) is 27.6 Å². The molecule has 1 aromatic rings. The fourth-order valence-electron chi connectivity index (χ4n) is 0.985. The molecule has 1 aromatic carbocycles. The maximum Gasteiger partial charge on any atom is 0.100 e. The van der Waals surface area contributed by atoms with E-state index in [1.54, 1.807) is 13.0 Å². The van der Waals surface area contributed by atoms with E-state index in [9.17, 15) is 5.11 Å². The van der Waals surface area contributed by atoms with E-state index in [0.717, 1.165) is 9.37 Å². The molecule has 15 heavy (non-hydrogen) atoms. The van der Waals surface area contributed by atoms with Crippen LogP contribution in [-0.2, 0) is 0 Å². The van der Waals surface area contributed by atoms with Gasteiger partial charge in [0.05, 0.1) is 11.7 Å². The van der Waals surface area contributed by atoms with Crippen LogP contribution < -0.4 is 0 Å². The van der Waals surface area contributed by atoms with Crippen molar-refractivity contribution in [2.24, 2.45) is 0 Å². The zero-order valence-corrected chi connectivity index (χ0v) is 11.0. The topological polar surface area (TPSA) is 44.0 Å². The highest BCUT2D eigenvalue weighted by Crippen LogP contribution is 2.30. The maximum absolute atomic E-state index is 9.40. The van der Waals surface area contributed by atoms with E-state index in [2.05, 4.69) is 22.0 Å². The predicted molar refractivity (Wildman–Crippen MR) is 65.9 cm³/mol. The lowest BCUT2D eigenvalue weighted by Crippen LogP contribution is -2.15. The van der Waals surface area contributed by atoms with Crippen molar-refractivity contribution in [2.75, 3.05) is 0 Å². The first-order chi connectivity index (χ1) is 7.04. The van der Waals surface area contributed by atoms with Gasteiger partial charge in [-0.15, -0.1) is 11.8 Å². The summed E-state index contributed by atoms with van der Waals surface area (Å²) in [5.74, 6) is 0. The molecule has 0 aliphatic rings. The molecule has 1 N–H and O–H groups in total. The molecular formula is C11H12BrNOS. The normalized spacial score (nSPS) is 14.3. The van der Waals surface area contributed by atoms with Crippen LogP contribution in [0.2, 0.25) is 0 Å². The van der Waals surface area contributed by atoms with E-state index >= 15 is 0 Å². The molecule has 0 saturated heterocycles. The number of nitrogens with zero attached hydrogens (tertiary/aromatic N) is 1. The third-order valence-corrected chi connectivity index (χ3v) is 3.91. The fraction of sp³-hybridized carbons (Fsp3) is 0.364. The molecule has 80 valence electrons. The van der Waals surface area contributed by atoms with Crippen molar-refractivity contribution in [1.29, 1.82) is 5.26 Å². The third kappa shape index (κ3) is 3.53. The Labute approximate surface area is 102 Å². The quantitative estimate of drug-likeness (QED) is 0.868. The standard InChI is InChI=1S/C11H12BrNOS/c1-7(14)8(2)15-11-5-10(12)4-3-9(11)6-13/h3-5,7-8,14H,1-2H3. The summed E-state index contributed by atoms with van der Waals surface area (Å²) in [6.07, 6.45) is -0.388. The number of halogens is 1. The Kier molecular flexibility index (Phi) is 4.65. The van der Waals surface area contributed by atoms with Gasteiger partial charge in [0.25, 0.3) is 0 Å². The number of hydrogen-bond acceptors (Lipinski definition) is 3. The summed E-state index contributed by atoms with van der Waals surface area (Å²) in [7, 11) is 0. The number of hydrogen-bond donors (Lipinski definition) is 1. The molecule has 2 nitrogen and oxygen atoms in total. The number of thioether (sulfide) groups is 1. The Morgan fingerprint density at radius 3 is 2.67 bits per heavy atom. The van der Waals surface area contributed by atoms with Gasteiger partial charge in [0, 0.05) is 14.6 Å². The second kappa shape index (κ2) is 5.55. The van der Waals surface area contributed by atoms with Crippen molar-refractivity contribution in [3.8, 4) is 6.07 Å². The summed E-state index contributed by atoms with van der Waals surface area (Å²) in [4.78, 5) is 0.903. The number of aliphatic hydroxyl groups excluding tert-OH is 1. The maximum atomic E-state index is 9.40. The van der Waals surface area contributed by atoms with Crippen molar-refractivity contribution in [1.82, 2.24) is 0 Å². The first-order valence-electron chi connectivity index (χ1n) is 4.59. The highest BCUT2D eigenvalue weighted by atomic mass is 79.9. The lowest BCUT2D eigenvalue weighted by atomic mass is 10.2. The molecule has 0 spiro atoms. The van der Waals surface area contributed by atoms with E-state index < -0.39 is 0 Å². The monoisotopic (exact) mass is 285 g/mol. The van der Waals surface area contributed by atoms with E-state index in [1.165, 1.54) is 11.8 Å². The van der Waals surface area contributed by atoms with Crippen LogP contribution in [0.25, 0.3) is 0 Å². The molecule has 0 heterocycles. The highest BCUT2D eigenvalue weighted by Gasteiger charge is 2.13. The van der Waals surface area contributed by atoms with Crippen LogP contribution in [0.5, 0.6) is 0 Å². The van der Waals surface area contributed by atoms with Gasteiger partial charge in [-0.2, -0.15) is 5.26 Å². The van der Waals surface area contributed by atoms with Crippen LogP contribution in [0.1, 0.15) is 19.4 Å². The summed E-state index contributed by atoms with van der Waals surface area (Å²) >= 11 is 4.88. The van der Waals surface area contributed by atoms with Gasteiger partial charge in [0.15, 0.2) is 0 Å². The van der Waals surface area contributed by atoms with Gasteiger partial charge < -0.3 is 5.11 Å². The minimum absolute atomic E-state index is 0.0754. The molecule has 0 aliphatic heterocycles. The predicted octanol–water partition coefficient (Wildman–Crippen LogP) is 3.18. The van der Waals surface area contributed by atoms with Gasteiger partial charge in [-0.25, -0.2) is 0 Å². The first kappa shape index (κ1) is 12.6. The molecule has 1 rings (SSSR count). The molecule has 0 amide bonds. The summed E-state index contributed by atoms with van der Waals surface area (Å²) in [6, 6.07) is 7.67. The van der Waals surface area contributed by atoms with Crippen molar-refractivity contribution in [3.05, 3.63) is 28.2 Å². The number of aliphatic hydroxyl groups is 1. The van der Waals surface area contributed by atoms with E-state index in [1.807, 2.05) is 19.1 Å². The largest absolute Gasteiger partial charge is 0.392 e. The third-order valence-electron chi connectivity index (χ3n) is 2.06. The van der Waals surface area contributed by atoms with Gasteiger partial charge in [0.2, 0.25) is 0 Å². The zero-order valence-electron chi connectivity index (χ0n) is 8.57. The average molecular weight is 286 g/mol. The first-order valence-corrected chi connectivity index (χ1v) is 6.26. The van der Waals surface area contributed by atoms with Crippen molar-refractivity contribution in [3.63, 3.8) is 0 Å². The summed E-state index contributed by atoms with van der Waals surface area (Å²) < 4.78 is 0.946. The molecule has 4 heteroatoms. The van der Waals surface area contributed by atoms with Crippen LogP contribution in [0.4, 0.5) is 0 Å². The minimum Gasteiger partial charge on any atom is -0.392 e. The number of benzene rings is 1. The Morgan fingerprint density at radius 2 is 2.13 bits per heavy atom. The Balaban J connectivity index is 2.93. The Bertz CT molecular complexity index is 387. The van der Waals surface area contributed by atoms with Gasteiger partial charge in [-0.05, 0) is 25.1 Å². The van der Waals surface area contributed by atoms with Crippen LogP contribution in [0, 0.1) is 11.3 Å². The van der Waals surface area contributed by atoms with Gasteiger partial charge in [0.1, 0.15) is 6.07 Å². The lowest BCUT2D eigenvalue weighted by molar-refractivity contribution is 0.196. The smallest absolute Gasteiger partial charge is 0.100 e. The molecule has 0 aromatic heterocycles. The van der Waals surface area contributed by atoms with Crippen LogP contribution >= 0.6 is 27.7 Å². The Hall–Kier alpha value is -0.500. The lowest BCUT2D eigenvalue weighted by Gasteiger charge is -2.14. The zero-order chi connectivity index (χ0) is 11.4. The minimum atomic E-state index is -0.388. The molecular weight excluding hydrogens is 274 g/mol. The number of nitriles is 1. The molecule has 0 radical (unpaired) electrons. The number of rotatable bonds is 3. The van der Waals surface area contributed by atoms with Gasteiger partial charge in [-0.3, -0.25) is 0 Å². The van der Waals surface area contributed by atoms with Gasteiger partial charge in [-0.1, -0.05) is 22.9 Å². The highest BCUT2D eigenvalue weighted by molar-refractivity contribution is 9.10. The van der Waals surface area contributed by atoms with Crippen LogP contribution in [-0.4, -0.2) is 16.5 Å². The second-order valence-electron chi connectivity index (χ2n) is 3.32. The van der Waals surface area contributed by atoms with Gasteiger partial charge >= 0.3 is 0 Å². The molecule has 0 aliphatic carbocycles. The van der Waals surface area contributed by atoms with Crippen molar-refractivity contribution in [2.45, 2.75) is 30.1 Å². The van der Waals surface area contributed by atoms with E-state index in [-0.39, 0.29) is 11.4 Å². The van der Waals surface area contributed by atoms with E-state index in [0.29, 0.717) is 5.56 Å².